The van der Waals surface area contributed by atoms with Crippen LogP contribution in [0.25, 0.3) is 0 Å². The highest BCUT2D eigenvalue weighted by atomic mass is 16.3. The maximum absolute atomic E-state index is 12.6. The molecule has 4 N–H and O–H groups in total. The number of hydrogen-bond acceptors (Lipinski definition) is 6. The summed E-state index contributed by atoms with van der Waals surface area (Å²) in [6.45, 7) is 32.7. The Labute approximate surface area is 409 Å². The fourth-order valence-corrected chi connectivity index (χ4v) is 9.62. The van der Waals surface area contributed by atoms with E-state index in [2.05, 4.69) is 41.5 Å². The maximum Gasteiger partial charge on any atom is 0.185 e. The van der Waals surface area contributed by atoms with Gasteiger partial charge in [-0.2, -0.15) is 0 Å². The third kappa shape index (κ3) is 25.8. The first-order valence-corrected chi connectivity index (χ1v) is 26.1. The number of phenols is 2. The van der Waals surface area contributed by atoms with Crippen LogP contribution in [0, 0.1) is 56.3 Å². The molecule has 66 heavy (non-hydrogen) atoms. The number of aliphatic hydroxyl groups is 2. The van der Waals surface area contributed by atoms with E-state index in [1.165, 1.54) is 89.9 Å². The van der Waals surface area contributed by atoms with Gasteiger partial charge >= 0.3 is 0 Å². The van der Waals surface area contributed by atoms with Crippen molar-refractivity contribution in [3.05, 3.63) is 44.5 Å². The number of aromatic hydroxyl groups is 2. The molecule has 0 fully saturated rings. The first kappa shape index (κ1) is 65.6. The molecule has 0 saturated carbocycles. The van der Waals surface area contributed by atoms with Crippen LogP contribution in [0.5, 0.6) is 11.5 Å². The van der Waals surface area contributed by atoms with Crippen molar-refractivity contribution in [1.29, 1.82) is 0 Å². The number of ketones is 2. The van der Waals surface area contributed by atoms with Crippen LogP contribution >= 0.6 is 0 Å². The number of phenolic OH excluding ortho intramolecular Hbond substituents is 2. The van der Waals surface area contributed by atoms with Crippen molar-refractivity contribution in [2.45, 2.75) is 278 Å². The zero-order valence-electron chi connectivity index (χ0n) is 44.6. The van der Waals surface area contributed by atoms with Crippen LogP contribution in [0.3, 0.4) is 0 Å². The normalized spacial score (nSPS) is 16.2. The van der Waals surface area contributed by atoms with Crippen LogP contribution in [0.4, 0.5) is 0 Å². The van der Waals surface area contributed by atoms with Crippen molar-refractivity contribution in [2.24, 2.45) is 35.5 Å². The fraction of sp³-hybridized carbons (Fsp3) is 0.800. The summed E-state index contributed by atoms with van der Waals surface area (Å²) in [6, 6.07) is 0. The van der Waals surface area contributed by atoms with Gasteiger partial charge in [0.15, 0.2) is 11.6 Å². The van der Waals surface area contributed by atoms with E-state index >= 15 is 0 Å². The average Bonchev–Trinajstić information content (AvgIpc) is 3.20. The van der Waals surface area contributed by atoms with E-state index in [9.17, 15) is 30.0 Å². The summed E-state index contributed by atoms with van der Waals surface area (Å²) in [7, 11) is 0. The minimum Gasteiger partial charge on any atom is -0.507 e. The Morgan fingerprint density at radius 2 is 0.682 bits per heavy atom. The van der Waals surface area contributed by atoms with Gasteiger partial charge in [0.05, 0.1) is 11.2 Å². The molecular formula is C60H110O6. The molecule has 0 saturated heterocycles. The summed E-state index contributed by atoms with van der Waals surface area (Å²) < 4.78 is 0. The molecule has 6 nitrogen and oxygen atoms in total. The molecule has 2 rings (SSSR count). The molecule has 0 aromatic heterocycles. The molecule has 6 unspecified atom stereocenters. The van der Waals surface area contributed by atoms with Gasteiger partial charge in [-0.25, -0.2) is 0 Å². The molecule has 6 atom stereocenters. The molecule has 0 radical (unpaired) electrons. The zero-order chi connectivity index (χ0) is 48.9. The van der Waals surface area contributed by atoms with Crippen LogP contribution < -0.4 is 0 Å². The molecule has 0 heterocycles. The predicted molar refractivity (Wildman–Crippen MR) is 287 cm³/mol. The smallest absolute Gasteiger partial charge is 0.185 e. The zero-order valence-corrected chi connectivity index (χ0v) is 44.6. The van der Waals surface area contributed by atoms with E-state index in [1.54, 1.807) is 13.8 Å². The lowest BCUT2D eigenvalue weighted by Crippen LogP contribution is -2.21. The highest BCUT2D eigenvalue weighted by Crippen LogP contribution is 2.38. The van der Waals surface area contributed by atoms with Crippen LogP contribution in [-0.2, 0) is 16.0 Å². The molecule has 0 aliphatic heterocycles. The standard InChI is InChI=1S/C29H52O3.C29H50O3.2CH4/c2*1-20(12-9-14-21(2)16-11-19-29(7,8)32)13-10-15-22(3)17-18-26-25(6)27(30)23(4)24(5)28(26)31;;/h20-22,30-32H,9-19H2,1-8H3;20-22,32H,9-19H2,1-8H3;2*1H4. The largest absolute Gasteiger partial charge is 0.507 e. The molecule has 386 valence electrons. The molecule has 1 aliphatic rings. The lowest BCUT2D eigenvalue weighted by molar-refractivity contribution is -0.116. The van der Waals surface area contributed by atoms with Gasteiger partial charge in [0.2, 0.25) is 0 Å². The maximum atomic E-state index is 12.6. The first-order chi connectivity index (χ1) is 29.7. The minimum absolute atomic E-state index is 0. The van der Waals surface area contributed by atoms with Gasteiger partial charge in [0.1, 0.15) is 11.5 Å². The number of allylic oxidation sites excluding steroid dienone is 4. The number of benzene rings is 1. The van der Waals surface area contributed by atoms with Crippen LogP contribution in [-0.4, -0.2) is 43.2 Å². The van der Waals surface area contributed by atoms with E-state index in [-0.39, 0.29) is 26.4 Å². The predicted octanol–water partition coefficient (Wildman–Crippen LogP) is 17.2. The van der Waals surface area contributed by atoms with Crippen molar-refractivity contribution < 1.29 is 30.0 Å². The second-order valence-electron chi connectivity index (χ2n) is 22.9. The van der Waals surface area contributed by atoms with Crippen molar-refractivity contribution >= 4 is 11.6 Å². The molecule has 1 aromatic rings. The van der Waals surface area contributed by atoms with Gasteiger partial charge < -0.3 is 20.4 Å². The molecule has 1 aromatic carbocycles. The third-order valence-electron chi connectivity index (χ3n) is 15.0. The number of Topliss-reactive ketones (excluding diaryl/α,β-unsaturated/α-hetero) is 2. The third-order valence-corrected chi connectivity index (χ3v) is 15.0. The van der Waals surface area contributed by atoms with Gasteiger partial charge in [-0.1, -0.05) is 159 Å². The molecule has 1 aliphatic carbocycles. The number of rotatable bonds is 30. The SMILES string of the molecule is C.C.CC1=C(C)C(=O)C(CCC(C)CCCC(C)CCCC(C)CCCC(C)(C)O)=C(C)C1=O.Cc1c(C)c(O)c(CCC(C)CCCC(C)CCCC(C)CCCC(C)(C)O)c(C)c1O. The Bertz CT molecular complexity index is 1590. The molecule has 0 amide bonds. The quantitative estimate of drug-likeness (QED) is 0.0451. The summed E-state index contributed by atoms with van der Waals surface area (Å²) in [5.41, 5.74) is 4.94. The number of carbonyl (C=O) groups is 2. The summed E-state index contributed by atoms with van der Waals surface area (Å²) in [4.78, 5) is 24.9. The Morgan fingerprint density at radius 3 is 1.03 bits per heavy atom. The topological polar surface area (TPSA) is 115 Å². The van der Waals surface area contributed by atoms with E-state index < -0.39 is 11.2 Å². The van der Waals surface area contributed by atoms with E-state index in [0.717, 1.165) is 103 Å². The molecule has 0 bridgehead atoms. The summed E-state index contributed by atoms with van der Waals surface area (Å²) >= 11 is 0. The van der Waals surface area contributed by atoms with Gasteiger partial charge in [-0.3, -0.25) is 9.59 Å². The van der Waals surface area contributed by atoms with Crippen LogP contribution in [0.15, 0.2) is 22.3 Å². The Kier molecular flexibility index (Phi) is 32.2. The highest BCUT2D eigenvalue weighted by molar-refractivity contribution is 6.24. The van der Waals surface area contributed by atoms with Crippen molar-refractivity contribution in [2.75, 3.05) is 0 Å². The second kappa shape index (κ2) is 32.4. The number of hydrogen-bond donors (Lipinski definition) is 4. The first-order valence-electron chi connectivity index (χ1n) is 26.1. The Balaban J connectivity index is 0. The lowest BCUT2D eigenvalue weighted by atomic mass is 9.82. The molecule has 6 heteroatoms. The summed E-state index contributed by atoms with van der Waals surface area (Å²) in [6.07, 6.45) is 25.4. The van der Waals surface area contributed by atoms with Gasteiger partial charge in [-0.15, -0.1) is 0 Å². The number of carbonyl (C=O) groups excluding carboxylic acids is 2. The summed E-state index contributed by atoms with van der Waals surface area (Å²) in [5, 5.41) is 40.5. The molecule has 0 spiro atoms. The van der Waals surface area contributed by atoms with Gasteiger partial charge in [0.25, 0.3) is 0 Å². The van der Waals surface area contributed by atoms with Crippen LogP contribution in [0.2, 0.25) is 0 Å². The van der Waals surface area contributed by atoms with E-state index in [1.807, 2.05) is 55.4 Å². The lowest BCUT2D eigenvalue weighted by Gasteiger charge is -2.20. The van der Waals surface area contributed by atoms with Gasteiger partial charge in [-0.05, 0) is 160 Å². The second-order valence-corrected chi connectivity index (χ2v) is 22.9. The van der Waals surface area contributed by atoms with Crippen LogP contribution in [0.1, 0.15) is 262 Å². The molecular weight excluding hydrogens is 817 g/mol. The Morgan fingerprint density at radius 1 is 0.394 bits per heavy atom. The Hall–Kier alpha value is -2.44. The van der Waals surface area contributed by atoms with Crippen molar-refractivity contribution in [3.63, 3.8) is 0 Å². The average molecular weight is 928 g/mol. The van der Waals surface area contributed by atoms with Crippen molar-refractivity contribution in [3.8, 4) is 11.5 Å². The highest BCUT2D eigenvalue weighted by Gasteiger charge is 2.28. The monoisotopic (exact) mass is 927 g/mol. The van der Waals surface area contributed by atoms with E-state index in [0.29, 0.717) is 40.1 Å². The van der Waals surface area contributed by atoms with E-state index in [4.69, 9.17) is 0 Å². The minimum atomic E-state index is -0.528. The van der Waals surface area contributed by atoms with Gasteiger partial charge in [0, 0.05) is 27.9 Å². The van der Waals surface area contributed by atoms with Crippen molar-refractivity contribution in [1.82, 2.24) is 0 Å². The summed E-state index contributed by atoms with van der Waals surface area (Å²) in [5.74, 6) is 5.09. The fourth-order valence-electron chi connectivity index (χ4n) is 9.62.